The predicted molar refractivity (Wildman–Crippen MR) is 80.6 cm³/mol. The number of Topliss-reactive ketones (excluding diaryl/α,β-unsaturated/α-hetero) is 1. The first-order valence-electron chi connectivity index (χ1n) is 6.99. The first-order chi connectivity index (χ1) is 10.9. The van der Waals surface area contributed by atoms with Crippen LogP contribution in [0, 0.1) is 0 Å². The zero-order valence-electron chi connectivity index (χ0n) is 13.6. The molecule has 126 valence electrons. The highest BCUT2D eigenvalue weighted by Crippen LogP contribution is 2.32. The summed E-state index contributed by atoms with van der Waals surface area (Å²) in [4.78, 5) is 35.1. The summed E-state index contributed by atoms with van der Waals surface area (Å²) in [5, 5.41) is 0. The van der Waals surface area contributed by atoms with Crippen LogP contribution in [0.25, 0.3) is 0 Å². The molecule has 0 heterocycles. The molecule has 0 aromatic heterocycles. The van der Waals surface area contributed by atoms with Crippen molar-refractivity contribution >= 4 is 17.7 Å². The number of carbonyl (C=O) groups excluding carboxylic acids is 3. The van der Waals surface area contributed by atoms with E-state index in [1.807, 2.05) is 0 Å². The van der Waals surface area contributed by atoms with Gasteiger partial charge in [-0.05, 0) is 19.9 Å². The second kappa shape index (κ2) is 8.77. The van der Waals surface area contributed by atoms with Crippen LogP contribution in [0.2, 0.25) is 0 Å². The van der Waals surface area contributed by atoms with Gasteiger partial charge in [-0.1, -0.05) is 6.07 Å². The highest BCUT2D eigenvalue weighted by Gasteiger charge is 2.29. The summed E-state index contributed by atoms with van der Waals surface area (Å²) in [6.07, 6.45) is 0. The first kappa shape index (κ1) is 18.5. The summed E-state index contributed by atoms with van der Waals surface area (Å²) >= 11 is 0. The van der Waals surface area contributed by atoms with E-state index in [1.54, 1.807) is 13.0 Å². The summed E-state index contributed by atoms with van der Waals surface area (Å²) < 4.78 is 19.9. The number of carbonyl (C=O) groups is 3. The molecule has 0 radical (unpaired) electrons. The maximum absolute atomic E-state index is 11.9. The van der Waals surface area contributed by atoms with Gasteiger partial charge in [0.2, 0.25) is 0 Å². The Morgan fingerprint density at radius 1 is 1.17 bits per heavy atom. The molecule has 1 atom stereocenters. The average molecular weight is 324 g/mol. The van der Waals surface area contributed by atoms with Gasteiger partial charge in [-0.3, -0.25) is 9.59 Å². The molecule has 7 nitrogen and oxygen atoms in total. The summed E-state index contributed by atoms with van der Waals surface area (Å²) in [5.41, 5.74) is 0.300. The van der Waals surface area contributed by atoms with Crippen LogP contribution >= 0.6 is 0 Å². The third-order valence-electron chi connectivity index (χ3n) is 3.03. The second-order valence-corrected chi connectivity index (χ2v) is 4.56. The van der Waals surface area contributed by atoms with E-state index in [-0.39, 0.29) is 19.0 Å². The number of hydrogen-bond donors (Lipinski definition) is 0. The van der Waals surface area contributed by atoms with Crippen molar-refractivity contribution in [1.82, 2.24) is 0 Å². The largest absolute Gasteiger partial charge is 0.497 e. The van der Waals surface area contributed by atoms with Crippen molar-refractivity contribution in [2.45, 2.75) is 19.8 Å². The maximum Gasteiger partial charge on any atom is 0.344 e. The molecule has 0 amide bonds. The van der Waals surface area contributed by atoms with E-state index in [2.05, 4.69) is 4.74 Å². The standard InChI is InChI=1S/C16H20O7/c1-5-22-14(18)9-23-13-8-11(20-3)6-7-12(13)15(10(2)17)16(19)21-4/h6-8,15H,5,9H2,1-4H3. The number of ether oxygens (including phenoxy) is 4. The number of benzene rings is 1. The molecule has 7 heteroatoms. The van der Waals surface area contributed by atoms with Gasteiger partial charge < -0.3 is 18.9 Å². The normalized spacial score (nSPS) is 11.3. The minimum Gasteiger partial charge on any atom is -0.497 e. The van der Waals surface area contributed by atoms with Crippen molar-refractivity contribution in [3.05, 3.63) is 23.8 Å². The van der Waals surface area contributed by atoms with Crippen molar-refractivity contribution in [2.24, 2.45) is 0 Å². The van der Waals surface area contributed by atoms with Crippen LogP contribution in [0.15, 0.2) is 18.2 Å². The Bertz CT molecular complexity index is 580. The van der Waals surface area contributed by atoms with Gasteiger partial charge in [0.25, 0.3) is 0 Å². The van der Waals surface area contributed by atoms with Crippen molar-refractivity contribution in [2.75, 3.05) is 27.4 Å². The molecule has 0 fully saturated rings. The lowest BCUT2D eigenvalue weighted by atomic mass is 9.94. The molecule has 0 spiro atoms. The first-order valence-corrected chi connectivity index (χ1v) is 6.99. The lowest BCUT2D eigenvalue weighted by Crippen LogP contribution is -2.23. The summed E-state index contributed by atoms with van der Waals surface area (Å²) in [6.45, 7) is 2.84. The molecule has 1 aromatic rings. The third kappa shape index (κ3) is 4.98. The quantitative estimate of drug-likeness (QED) is 0.528. The Kier molecular flexibility index (Phi) is 7.05. The molecule has 23 heavy (non-hydrogen) atoms. The number of methoxy groups -OCH3 is 2. The average Bonchev–Trinajstić information content (AvgIpc) is 2.53. The number of hydrogen-bond acceptors (Lipinski definition) is 7. The van der Waals surface area contributed by atoms with E-state index >= 15 is 0 Å². The summed E-state index contributed by atoms with van der Waals surface area (Å²) in [6, 6.07) is 4.61. The summed E-state index contributed by atoms with van der Waals surface area (Å²) in [5.74, 6) is -2.16. The van der Waals surface area contributed by atoms with Crippen molar-refractivity contribution in [3.8, 4) is 11.5 Å². The highest BCUT2D eigenvalue weighted by atomic mass is 16.6. The third-order valence-corrected chi connectivity index (χ3v) is 3.03. The molecule has 1 aromatic carbocycles. The van der Waals surface area contributed by atoms with Crippen LogP contribution in [0.3, 0.4) is 0 Å². The van der Waals surface area contributed by atoms with Gasteiger partial charge in [0.1, 0.15) is 23.2 Å². The molecular weight excluding hydrogens is 304 g/mol. The van der Waals surface area contributed by atoms with Gasteiger partial charge in [-0.2, -0.15) is 0 Å². The van der Waals surface area contributed by atoms with E-state index in [4.69, 9.17) is 14.2 Å². The van der Waals surface area contributed by atoms with Gasteiger partial charge in [-0.25, -0.2) is 4.79 Å². The molecule has 1 unspecified atom stereocenters. The zero-order chi connectivity index (χ0) is 17.4. The minimum absolute atomic E-state index is 0.183. The van der Waals surface area contributed by atoms with Crippen LogP contribution in [0.4, 0.5) is 0 Å². The second-order valence-electron chi connectivity index (χ2n) is 4.56. The number of ketones is 1. The fourth-order valence-electron chi connectivity index (χ4n) is 1.97. The van der Waals surface area contributed by atoms with Crippen LogP contribution in [-0.4, -0.2) is 45.2 Å². The molecule has 0 aliphatic rings. The molecular formula is C16H20O7. The maximum atomic E-state index is 11.9. The fourth-order valence-corrected chi connectivity index (χ4v) is 1.97. The molecule has 0 N–H and O–H groups in total. The van der Waals surface area contributed by atoms with Gasteiger partial charge in [0.15, 0.2) is 6.61 Å². The molecule has 0 aliphatic carbocycles. The molecule has 0 aliphatic heterocycles. The van der Waals surface area contributed by atoms with E-state index in [9.17, 15) is 14.4 Å². The Morgan fingerprint density at radius 2 is 1.87 bits per heavy atom. The SMILES string of the molecule is CCOC(=O)COc1cc(OC)ccc1C(C(C)=O)C(=O)OC. The smallest absolute Gasteiger partial charge is 0.344 e. The van der Waals surface area contributed by atoms with E-state index < -0.39 is 23.6 Å². The van der Waals surface area contributed by atoms with Crippen molar-refractivity contribution < 1.29 is 33.3 Å². The highest BCUT2D eigenvalue weighted by molar-refractivity contribution is 6.04. The van der Waals surface area contributed by atoms with Crippen LogP contribution in [0.5, 0.6) is 11.5 Å². The van der Waals surface area contributed by atoms with E-state index in [0.717, 1.165) is 0 Å². The van der Waals surface area contributed by atoms with Gasteiger partial charge in [0.05, 0.1) is 20.8 Å². The van der Waals surface area contributed by atoms with Gasteiger partial charge >= 0.3 is 11.9 Å². The van der Waals surface area contributed by atoms with Crippen LogP contribution in [-0.2, 0) is 23.9 Å². The predicted octanol–water partition coefficient (Wildman–Crippen LogP) is 1.48. The van der Waals surface area contributed by atoms with Gasteiger partial charge in [0, 0.05) is 11.6 Å². The monoisotopic (exact) mass is 324 g/mol. The van der Waals surface area contributed by atoms with Gasteiger partial charge in [-0.15, -0.1) is 0 Å². The molecule has 1 rings (SSSR count). The minimum atomic E-state index is -1.14. The fraction of sp³-hybridized carbons (Fsp3) is 0.438. The molecule has 0 bridgehead atoms. The lowest BCUT2D eigenvalue weighted by molar-refractivity contribution is -0.145. The van der Waals surface area contributed by atoms with Crippen molar-refractivity contribution in [1.29, 1.82) is 0 Å². The van der Waals surface area contributed by atoms with Crippen LogP contribution < -0.4 is 9.47 Å². The topological polar surface area (TPSA) is 88.1 Å². The molecule has 0 saturated carbocycles. The molecule has 0 saturated heterocycles. The Morgan fingerprint density at radius 3 is 2.39 bits per heavy atom. The van der Waals surface area contributed by atoms with E-state index in [0.29, 0.717) is 11.3 Å². The summed E-state index contributed by atoms with van der Waals surface area (Å²) in [7, 11) is 2.66. The van der Waals surface area contributed by atoms with Crippen molar-refractivity contribution in [3.63, 3.8) is 0 Å². The Balaban J connectivity index is 3.16. The number of esters is 2. The Labute approximate surface area is 134 Å². The van der Waals surface area contributed by atoms with Crippen LogP contribution in [0.1, 0.15) is 25.3 Å². The Hall–Kier alpha value is -2.57. The lowest BCUT2D eigenvalue weighted by Gasteiger charge is -2.17. The zero-order valence-corrected chi connectivity index (χ0v) is 13.6. The van der Waals surface area contributed by atoms with E-state index in [1.165, 1.54) is 33.3 Å². The number of rotatable bonds is 8.